The number of aliphatic hydroxyl groups excluding tert-OH is 1. The van der Waals surface area contributed by atoms with Crippen molar-refractivity contribution in [2.45, 2.75) is 400 Å². The number of unbranched alkanes of at least 4 members (excludes halogenated alkanes) is 41. The molecule has 592 valence electrons. The van der Waals surface area contributed by atoms with Gasteiger partial charge in [-0.15, -0.1) is 0 Å². The zero-order valence-corrected chi connectivity index (χ0v) is 67.0. The van der Waals surface area contributed by atoms with Gasteiger partial charge in [-0.3, -0.25) is 37.3 Å². The lowest BCUT2D eigenvalue weighted by Gasteiger charge is -2.21. The van der Waals surface area contributed by atoms with Crippen molar-refractivity contribution in [2.75, 3.05) is 39.6 Å². The fraction of sp³-hybridized carbons (Fsp3) is 0.854. The highest BCUT2D eigenvalue weighted by Gasteiger charge is 2.30. The molecular weight excluding hydrogens is 1320 g/mol. The van der Waals surface area contributed by atoms with Gasteiger partial charge in [0.15, 0.2) is 12.2 Å². The fourth-order valence-electron chi connectivity index (χ4n) is 11.6. The molecule has 0 aliphatic heterocycles. The molecule has 0 saturated carbocycles. The van der Waals surface area contributed by atoms with Crippen molar-refractivity contribution in [2.24, 2.45) is 11.8 Å². The standard InChI is InChI=1S/C82H152O17P2/c1-7-9-11-13-15-17-19-21-25-30-34-40-46-52-58-64-79(84)92-70-77(98-82(87)67-61-55-49-42-36-32-28-24-23-27-29-33-38-44-50-56-62-74(3)4)72-96-100(88,89)94-68-76(83)69-95-101(90,91)97-73-78(71-93-80(85)65-59-53-47-43-37-39-45-51-57-63-75(5)6)99-81(86)66-60-54-48-41-35-31-26-22-20-18-16-14-12-10-8-2/h17-22,25-26,74-78,83H,7-16,23-24,27-73H2,1-6H3,(H,88,89)(H,90,91)/b19-17-,20-18-,25-21-,26-22-/t76-,77-,78-/m1/s1. The van der Waals surface area contributed by atoms with E-state index in [9.17, 15) is 43.2 Å². The summed E-state index contributed by atoms with van der Waals surface area (Å²) in [5.41, 5.74) is 0. The number of esters is 4. The molecule has 101 heavy (non-hydrogen) atoms. The Labute approximate surface area is 617 Å². The summed E-state index contributed by atoms with van der Waals surface area (Å²) >= 11 is 0. The lowest BCUT2D eigenvalue weighted by molar-refractivity contribution is -0.161. The Morgan fingerprint density at radius 1 is 0.307 bits per heavy atom. The molecule has 0 saturated heterocycles. The van der Waals surface area contributed by atoms with E-state index in [1.807, 2.05) is 0 Å². The molecule has 0 aliphatic rings. The average Bonchev–Trinajstić information content (AvgIpc) is 0.924. The number of carbonyl (C=O) groups is 4. The van der Waals surface area contributed by atoms with E-state index < -0.39 is 97.5 Å². The predicted molar refractivity (Wildman–Crippen MR) is 413 cm³/mol. The van der Waals surface area contributed by atoms with Crippen LogP contribution in [0.1, 0.15) is 382 Å². The first kappa shape index (κ1) is 98.0. The van der Waals surface area contributed by atoms with Crippen LogP contribution in [0.25, 0.3) is 0 Å². The maximum absolute atomic E-state index is 13.1. The minimum absolute atomic E-state index is 0.0824. The minimum atomic E-state index is -4.97. The molecule has 0 amide bonds. The van der Waals surface area contributed by atoms with E-state index in [4.69, 9.17) is 37.0 Å². The second-order valence-corrected chi connectivity index (χ2v) is 32.0. The van der Waals surface area contributed by atoms with Crippen molar-refractivity contribution in [1.29, 1.82) is 0 Å². The Hall–Kier alpha value is -2.98. The highest BCUT2D eigenvalue weighted by atomic mass is 31.2. The zero-order valence-electron chi connectivity index (χ0n) is 65.2. The van der Waals surface area contributed by atoms with E-state index in [0.717, 1.165) is 134 Å². The van der Waals surface area contributed by atoms with Crippen LogP contribution in [-0.2, 0) is 65.4 Å². The van der Waals surface area contributed by atoms with Gasteiger partial charge in [-0.1, -0.05) is 328 Å². The summed E-state index contributed by atoms with van der Waals surface area (Å²) in [6.45, 7) is 9.51. The highest BCUT2D eigenvalue weighted by Crippen LogP contribution is 2.45. The van der Waals surface area contributed by atoms with E-state index in [1.54, 1.807) is 0 Å². The number of aliphatic hydroxyl groups is 1. The smallest absolute Gasteiger partial charge is 0.462 e. The number of phosphoric ester groups is 2. The fourth-order valence-corrected chi connectivity index (χ4v) is 13.2. The number of rotatable bonds is 77. The molecule has 0 aliphatic carbocycles. The maximum Gasteiger partial charge on any atom is 0.472 e. The third kappa shape index (κ3) is 75.1. The quantitative estimate of drug-likeness (QED) is 0.0169. The second-order valence-electron chi connectivity index (χ2n) is 29.1. The topological polar surface area (TPSA) is 237 Å². The van der Waals surface area contributed by atoms with Crippen molar-refractivity contribution in [3.8, 4) is 0 Å². The van der Waals surface area contributed by atoms with Crippen LogP contribution in [0.15, 0.2) is 48.6 Å². The summed E-state index contributed by atoms with van der Waals surface area (Å²) in [6, 6.07) is 0. The Morgan fingerprint density at radius 3 is 0.802 bits per heavy atom. The van der Waals surface area contributed by atoms with E-state index >= 15 is 0 Å². The number of hydrogen-bond donors (Lipinski definition) is 3. The third-order valence-electron chi connectivity index (χ3n) is 18.0. The van der Waals surface area contributed by atoms with Crippen LogP contribution < -0.4 is 0 Å². The monoisotopic (exact) mass is 1470 g/mol. The van der Waals surface area contributed by atoms with Gasteiger partial charge in [-0.25, -0.2) is 9.13 Å². The van der Waals surface area contributed by atoms with Crippen LogP contribution in [-0.4, -0.2) is 96.7 Å². The van der Waals surface area contributed by atoms with Crippen LogP contribution >= 0.6 is 15.6 Å². The molecule has 0 radical (unpaired) electrons. The lowest BCUT2D eigenvalue weighted by Crippen LogP contribution is -2.30. The molecule has 19 heteroatoms. The number of hydrogen-bond acceptors (Lipinski definition) is 15. The SMILES string of the molecule is CCCCCC/C=C\C=C/CCCCCCCC(=O)OC[C@H](COP(=O)(O)OC[C@@H](O)COP(=O)(O)OC[C@@H](COC(=O)CCCCCCCCCCCC(C)C)OC(=O)CCCCCCC/C=C\C=C/CCCCCC)OC(=O)CCCCCCCCCCCCCCCCCCC(C)C. The Morgan fingerprint density at radius 2 is 0.535 bits per heavy atom. The molecule has 17 nitrogen and oxygen atoms in total. The number of carbonyl (C=O) groups excluding carboxylic acids is 4. The van der Waals surface area contributed by atoms with Gasteiger partial charge in [-0.2, -0.15) is 0 Å². The molecule has 3 N–H and O–H groups in total. The van der Waals surface area contributed by atoms with Gasteiger partial charge in [0.05, 0.1) is 26.4 Å². The van der Waals surface area contributed by atoms with Crippen LogP contribution in [0.3, 0.4) is 0 Å². The van der Waals surface area contributed by atoms with Crippen molar-refractivity contribution in [1.82, 2.24) is 0 Å². The molecule has 0 aromatic carbocycles. The largest absolute Gasteiger partial charge is 0.472 e. The molecule has 0 aromatic rings. The summed E-state index contributed by atoms with van der Waals surface area (Å²) in [7, 11) is -9.95. The summed E-state index contributed by atoms with van der Waals surface area (Å²) in [4.78, 5) is 73.0. The Balaban J connectivity index is 5.32. The van der Waals surface area contributed by atoms with Gasteiger partial charge in [0.25, 0.3) is 0 Å². The van der Waals surface area contributed by atoms with Gasteiger partial charge < -0.3 is 33.8 Å². The second kappa shape index (κ2) is 72.6. The first-order valence-electron chi connectivity index (χ1n) is 41.1. The van der Waals surface area contributed by atoms with Crippen LogP contribution in [0.5, 0.6) is 0 Å². The van der Waals surface area contributed by atoms with Crippen LogP contribution in [0.4, 0.5) is 0 Å². The average molecular weight is 1470 g/mol. The molecule has 0 fully saturated rings. The number of allylic oxidation sites excluding steroid dienone is 8. The van der Waals surface area contributed by atoms with E-state index in [1.165, 1.54) is 167 Å². The number of ether oxygens (including phenoxy) is 4. The first-order valence-corrected chi connectivity index (χ1v) is 44.1. The number of phosphoric acid groups is 2. The maximum atomic E-state index is 13.1. The highest BCUT2D eigenvalue weighted by molar-refractivity contribution is 7.47. The predicted octanol–water partition coefficient (Wildman–Crippen LogP) is 23.8. The molecule has 2 unspecified atom stereocenters. The summed E-state index contributed by atoms with van der Waals surface area (Å²) in [6.07, 6.45) is 68.2. The van der Waals surface area contributed by atoms with Gasteiger partial charge in [0.1, 0.15) is 19.3 Å². The van der Waals surface area contributed by atoms with Gasteiger partial charge >= 0.3 is 39.5 Å². The Kier molecular flexibility index (Phi) is 70.4. The van der Waals surface area contributed by atoms with Crippen molar-refractivity contribution < 1.29 is 80.2 Å². The van der Waals surface area contributed by atoms with Gasteiger partial charge in [0.2, 0.25) is 0 Å². The summed E-state index contributed by atoms with van der Waals surface area (Å²) in [5, 5.41) is 10.6. The molecule has 0 heterocycles. The van der Waals surface area contributed by atoms with Crippen LogP contribution in [0.2, 0.25) is 0 Å². The minimum Gasteiger partial charge on any atom is -0.462 e. The van der Waals surface area contributed by atoms with Crippen molar-refractivity contribution in [3.05, 3.63) is 48.6 Å². The molecular formula is C82H152O17P2. The molecule has 0 rings (SSSR count). The van der Waals surface area contributed by atoms with E-state index in [0.29, 0.717) is 25.7 Å². The van der Waals surface area contributed by atoms with Crippen LogP contribution in [0, 0.1) is 11.8 Å². The molecule has 0 spiro atoms. The van der Waals surface area contributed by atoms with E-state index in [-0.39, 0.29) is 25.7 Å². The van der Waals surface area contributed by atoms with Gasteiger partial charge in [-0.05, 0) is 88.9 Å². The first-order chi connectivity index (χ1) is 48.9. The molecule has 0 bridgehead atoms. The summed E-state index contributed by atoms with van der Waals surface area (Å²) in [5.74, 6) is -0.623. The zero-order chi connectivity index (χ0) is 74.2. The van der Waals surface area contributed by atoms with Crippen molar-refractivity contribution in [3.63, 3.8) is 0 Å². The normalized spacial score (nSPS) is 14.2. The van der Waals surface area contributed by atoms with Crippen molar-refractivity contribution >= 4 is 39.5 Å². The summed E-state index contributed by atoms with van der Waals surface area (Å²) < 4.78 is 68.7. The Bertz CT molecular complexity index is 2130. The van der Waals surface area contributed by atoms with Gasteiger partial charge in [0, 0.05) is 25.7 Å². The lowest BCUT2D eigenvalue weighted by atomic mass is 10.0. The third-order valence-corrected chi connectivity index (χ3v) is 19.9. The van der Waals surface area contributed by atoms with E-state index in [2.05, 4.69) is 90.2 Å². The molecule has 5 atom stereocenters. The molecule has 0 aromatic heterocycles.